The van der Waals surface area contributed by atoms with Gasteiger partial charge in [-0.05, 0) is 61.3 Å². The summed E-state index contributed by atoms with van der Waals surface area (Å²) < 4.78 is 5.45. The first-order valence-electron chi connectivity index (χ1n) is 19.0. The molecule has 54 heavy (non-hydrogen) atoms. The number of nitrogens with zero attached hydrogens (tertiary/aromatic N) is 2. The van der Waals surface area contributed by atoms with Crippen LogP contribution in [0.5, 0.6) is 0 Å². The fourth-order valence-electron chi connectivity index (χ4n) is 7.55. The number of likely N-dealkylation sites (tertiary alicyclic amines) is 1. The molecule has 3 fully saturated rings. The van der Waals surface area contributed by atoms with E-state index in [0.29, 0.717) is 12.1 Å². The lowest BCUT2D eigenvalue weighted by Crippen LogP contribution is -2.61. The van der Waals surface area contributed by atoms with Gasteiger partial charge in [0.25, 0.3) is 5.91 Å². The van der Waals surface area contributed by atoms with Gasteiger partial charge in [-0.25, -0.2) is 4.79 Å². The third-order valence-electron chi connectivity index (χ3n) is 11.0. The highest BCUT2D eigenvalue weighted by Crippen LogP contribution is 2.65. The van der Waals surface area contributed by atoms with E-state index in [4.69, 9.17) is 4.74 Å². The van der Waals surface area contributed by atoms with Crippen molar-refractivity contribution in [3.63, 3.8) is 0 Å². The molecule has 0 spiro atoms. The van der Waals surface area contributed by atoms with Gasteiger partial charge in [-0.1, -0.05) is 84.2 Å². The number of amides is 6. The molecule has 1 aromatic carbocycles. The minimum Gasteiger partial charge on any atom is -0.444 e. The van der Waals surface area contributed by atoms with Crippen molar-refractivity contribution in [3.8, 4) is 0 Å². The van der Waals surface area contributed by atoms with Crippen LogP contribution in [0.25, 0.3) is 0 Å². The number of ether oxygens (including phenoxy) is 1. The summed E-state index contributed by atoms with van der Waals surface area (Å²) in [6, 6.07) is 5.22. The standard InChI is InChI=1S/C40H60N6O8/c1-38(2,3)33(44-37(53)54-39(4,5)6)36(52)46-22-25-30(40(25,7)8)31(46)34(50)43-27(19-23-15-14-16-23)32(49)35(51)41-21-28(47)42-26(20-29(48)45(9)10)24-17-12-11-13-18-24/h11-13,17-18,23,25-27,30-31,33H,14-16,19-22H2,1-10H3,(H,41,51)(H,42,47)(H,43,50)(H,44,53)/t25-,26+,27+,30-,31-,33+/m0/s1. The second-order valence-electron chi connectivity index (χ2n) is 18.0. The third-order valence-corrected chi connectivity index (χ3v) is 11.0. The predicted octanol–water partition coefficient (Wildman–Crippen LogP) is 3.10. The number of nitrogens with one attached hydrogen (secondary N) is 4. The summed E-state index contributed by atoms with van der Waals surface area (Å²) in [6.45, 7) is 14.5. The summed E-state index contributed by atoms with van der Waals surface area (Å²) in [5.41, 5.74) is -1.04. The maximum absolute atomic E-state index is 14.3. The minimum atomic E-state index is -1.17. The molecule has 0 radical (unpaired) electrons. The number of fused-ring (bicyclic) bond motifs is 1. The molecule has 6 amide bonds. The Morgan fingerprint density at radius 1 is 0.926 bits per heavy atom. The zero-order valence-electron chi connectivity index (χ0n) is 33.5. The average molecular weight is 753 g/mol. The van der Waals surface area contributed by atoms with Crippen LogP contribution >= 0.6 is 0 Å². The summed E-state index contributed by atoms with van der Waals surface area (Å²) in [4.78, 5) is 96.8. The van der Waals surface area contributed by atoms with Crippen molar-refractivity contribution in [3.05, 3.63) is 35.9 Å². The van der Waals surface area contributed by atoms with Crippen LogP contribution in [0.15, 0.2) is 30.3 Å². The van der Waals surface area contributed by atoms with Crippen molar-refractivity contribution in [2.75, 3.05) is 27.2 Å². The van der Waals surface area contributed by atoms with Crippen molar-refractivity contribution < 1.29 is 38.3 Å². The van der Waals surface area contributed by atoms with Crippen molar-refractivity contribution in [2.45, 2.75) is 117 Å². The highest BCUT2D eigenvalue weighted by Gasteiger charge is 2.70. The Kier molecular flexibility index (Phi) is 12.9. The number of Topliss-reactive ketones (excluding diaryl/α,β-unsaturated/α-hetero) is 1. The molecule has 2 saturated carbocycles. The Morgan fingerprint density at radius 3 is 2.09 bits per heavy atom. The number of hydrogen-bond acceptors (Lipinski definition) is 8. The van der Waals surface area contributed by atoms with E-state index in [0.717, 1.165) is 19.3 Å². The Hall–Kier alpha value is -4.49. The van der Waals surface area contributed by atoms with Crippen molar-refractivity contribution in [2.24, 2.45) is 28.6 Å². The molecule has 4 N–H and O–H groups in total. The number of benzene rings is 1. The second kappa shape index (κ2) is 16.5. The molecule has 0 unspecified atom stereocenters. The van der Waals surface area contributed by atoms with Gasteiger partial charge in [-0.15, -0.1) is 0 Å². The number of hydrogen-bond donors (Lipinski definition) is 4. The molecule has 0 aromatic heterocycles. The number of carbonyl (C=O) groups excluding carboxylic acids is 7. The summed E-state index contributed by atoms with van der Waals surface area (Å²) in [5, 5.41) is 10.8. The lowest BCUT2D eigenvalue weighted by molar-refractivity contribution is -0.145. The lowest BCUT2D eigenvalue weighted by atomic mass is 9.80. The van der Waals surface area contributed by atoms with E-state index in [1.54, 1.807) is 59.1 Å². The molecule has 1 aromatic rings. The smallest absolute Gasteiger partial charge is 0.408 e. The maximum atomic E-state index is 14.3. The Labute approximate surface area is 319 Å². The van der Waals surface area contributed by atoms with Crippen LogP contribution in [0.3, 0.4) is 0 Å². The monoisotopic (exact) mass is 752 g/mol. The normalized spacial score (nSPS) is 22.0. The average Bonchev–Trinajstić information content (AvgIpc) is 3.35. The van der Waals surface area contributed by atoms with Gasteiger partial charge in [-0.3, -0.25) is 28.8 Å². The molecule has 1 heterocycles. The van der Waals surface area contributed by atoms with Crippen LogP contribution in [-0.2, 0) is 33.5 Å². The summed E-state index contributed by atoms with van der Waals surface area (Å²) >= 11 is 0. The van der Waals surface area contributed by atoms with E-state index in [1.807, 2.05) is 40.7 Å². The molecule has 1 aliphatic heterocycles. The Balaban J connectivity index is 1.47. The van der Waals surface area contributed by atoms with Gasteiger partial charge in [0.05, 0.1) is 25.0 Å². The maximum Gasteiger partial charge on any atom is 0.408 e. The quantitative estimate of drug-likeness (QED) is 0.209. The molecule has 3 aliphatic rings. The van der Waals surface area contributed by atoms with Crippen LogP contribution < -0.4 is 21.3 Å². The fraction of sp³-hybridized carbons (Fsp3) is 0.675. The highest BCUT2D eigenvalue weighted by molar-refractivity contribution is 6.38. The highest BCUT2D eigenvalue weighted by atomic mass is 16.6. The van der Waals surface area contributed by atoms with Crippen LogP contribution in [0, 0.1) is 28.6 Å². The molecule has 14 nitrogen and oxygen atoms in total. The van der Waals surface area contributed by atoms with E-state index < -0.39 is 77.2 Å². The van der Waals surface area contributed by atoms with Gasteiger partial charge in [0, 0.05) is 20.6 Å². The summed E-state index contributed by atoms with van der Waals surface area (Å²) in [7, 11) is 3.24. The van der Waals surface area contributed by atoms with Crippen molar-refractivity contribution in [1.29, 1.82) is 0 Å². The van der Waals surface area contributed by atoms with Gasteiger partial charge < -0.3 is 35.8 Å². The van der Waals surface area contributed by atoms with E-state index in [-0.39, 0.29) is 41.9 Å². The van der Waals surface area contributed by atoms with E-state index in [1.165, 1.54) is 9.80 Å². The van der Waals surface area contributed by atoms with Crippen LogP contribution in [0.4, 0.5) is 4.79 Å². The number of rotatable bonds is 14. The first-order valence-corrected chi connectivity index (χ1v) is 19.0. The largest absolute Gasteiger partial charge is 0.444 e. The molecule has 4 rings (SSSR count). The van der Waals surface area contributed by atoms with E-state index in [9.17, 15) is 33.6 Å². The van der Waals surface area contributed by atoms with Gasteiger partial charge in [0.1, 0.15) is 17.7 Å². The summed E-state index contributed by atoms with van der Waals surface area (Å²) in [6.07, 6.45) is 2.18. The number of ketones is 1. The molecule has 1 saturated heterocycles. The summed E-state index contributed by atoms with van der Waals surface area (Å²) in [5.74, 6) is -3.67. The fourth-order valence-corrected chi connectivity index (χ4v) is 7.55. The number of carbonyl (C=O) groups is 7. The molecule has 298 valence electrons. The zero-order chi connectivity index (χ0) is 40.3. The number of piperidine rings is 1. The Bertz CT molecular complexity index is 1590. The van der Waals surface area contributed by atoms with Gasteiger partial charge in [0.15, 0.2) is 0 Å². The predicted molar refractivity (Wildman–Crippen MR) is 201 cm³/mol. The molecule has 2 aliphatic carbocycles. The Morgan fingerprint density at radius 2 is 1.56 bits per heavy atom. The minimum absolute atomic E-state index is 0.00195. The van der Waals surface area contributed by atoms with Gasteiger partial charge in [0.2, 0.25) is 29.4 Å². The molecular formula is C40H60N6O8. The third kappa shape index (κ3) is 10.4. The van der Waals surface area contributed by atoms with Crippen LogP contribution in [0.1, 0.15) is 99.1 Å². The number of alkyl carbamates (subject to hydrolysis) is 1. The first kappa shape index (κ1) is 42.3. The van der Waals surface area contributed by atoms with Gasteiger partial charge in [-0.2, -0.15) is 0 Å². The van der Waals surface area contributed by atoms with Gasteiger partial charge >= 0.3 is 6.09 Å². The topological polar surface area (TPSA) is 183 Å². The second-order valence-corrected chi connectivity index (χ2v) is 18.0. The first-order chi connectivity index (χ1) is 25.0. The molecule has 0 bridgehead atoms. The molecular weight excluding hydrogens is 692 g/mol. The van der Waals surface area contributed by atoms with Crippen LogP contribution in [-0.4, -0.2) is 102 Å². The van der Waals surface area contributed by atoms with E-state index in [2.05, 4.69) is 21.3 Å². The lowest BCUT2D eigenvalue weighted by Gasteiger charge is -2.38. The van der Waals surface area contributed by atoms with Crippen LogP contribution in [0.2, 0.25) is 0 Å². The van der Waals surface area contributed by atoms with Crippen molar-refractivity contribution in [1.82, 2.24) is 31.1 Å². The van der Waals surface area contributed by atoms with Crippen molar-refractivity contribution >= 4 is 41.4 Å². The molecule has 14 heteroatoms. The zero-order valence-corrected chi connectivity index (χ0v) is 33.5. The SMILES string of the molecule is CN(C)C(=O)C[C@@H](NC(=O)CNC(=O)C(=O)[C@@H](CC1CCC1)NC(=O)[C@@H]1[C@@H]2[C@H](CN1C(=O)[C@@H](NC(=O)OC(C)(C)C)C(C)(C)C)C2(C)C)c1ccccc1. The molecule has 6 atom stereocenters. The van der Waals surface area contributed by atoms with E-state index >= 15 is 0 Å².